The molecule has 2 rings (SSSR count). The second-order valence-electron chi connectivity index (χ2n) is 4.16. The summed E-state index contributed by atoms with van der Waals surface area (Å²) < 4.78 is 5.80. The van der Waals surface area contributed by atoms with Crippen LogP contribution in [0.15, 0.2) is 36.7 Å². The molecule has 3 nitrogen and oxygen atoms in total. The molecule has 92 valence electrons. The van der Waals surface area contributed by atoms with E-state index in [2.05, 4.69) is 11.1 Å². The van der Waals surface area contributed by atoms with Crippen LogP contribution in [0.25, 0.3) is 0 Å². The number of hydrogen-bond donors (Lipinski definition) is 1. The van der Waals surface area contributed by atoms with Crippen LogP contribution in [0, 0.1) is 13.8 Å². The van der Waals surface area contributed by atoms with Crippen molar-refractivity contribution in [1.82, 2.24) is 4.98 Å². The Balaban J connectivity index is 2.37. The van der Waals surface area contributed by atoms with Gasteiger partial charge in [-0.3, -0.25) is 4.98 Å². The van der Waals surface area contributed by atoms with Gasteiger partial charge in [-0.25, -0.2) is 0 Å². The van der Waals surface area contributed by atoms with Crippen molar-refractivity contribution in [3.8, 4) is 11.5 Å². The molecule has 0 aliphatic carbocycles. The summed E-state index contributed by atoms with van der Waals surface area (Å²) in [7, 11) is 0. The minimum Gasteiger partial charge on any atom is -0.455 e. The van der Waals surface area contributed by atoms with E-state index in [9.17, 15) is 0 Å². The van der Waals surface area contributed by atoms with Crippen LogP contribution in [0.3, 0.4) is 0 Å². The first-order valence-electron chi connectivity index (χ1n) is 5.56. The maximum absolute atomic E-state index is 5.80. The van der Waals surface area contributed by atoms with Crippen LogP contribution in [0.1, 0.15) is 16.7 Å². The van der Waals surface area contributed by atoms with E-state index in [1.807, 2.05) is 26.0 Å². The molecule has 0 bridgehead atoms. The number of nitrogens with two attached hydrogens (primary N) is 1. The van der Waals surface area contributed by atoms with Gasteiger partial charge in [-0.15, -0.1) is 0 Å². The first-order chi connectivity index (χ1) is 8.56. The fourth-order valence-electron chi connectivity index (χ4n) is 1.78. The van der Waals surface area contributed by atoms with Gasteiger partial charge in [0.25, 0.3) is 0 Å². The highest BCUT2D eigenvalue weighted by Gasteiger charge is 2.07. The van der Waals surface area contributed by atoms with Gasteiger partial charge >= 0.3 is 0 Å². The normalized spacial score (nSPS) is 10.1. The number of hydrogen-bond acceptors (Lipinski definition) is 3. The molecule has 1 heterocycles. The molecule has 0 saturated heterocycles. The summed E-state index contributed by atoms with van der Waals surface area (Å²) in [6.07, 6.45) is 3.26. The van der Waals surface area contributed by atoms with Crippen molar-refractivity contribution in [2.45, 2.75) is 13.8 Å². The lowest BCUT2D eigenvalue weighted by Crippen LogP contribution is -2.10. The second-order valence-corrected chi connectivity index (χ2v) is 4.60. The zero-order valence-corrected chi connectivity index (χ0v) is 11.1. The standard InChI is InChI=1S/C14H14N2OS/c1-9-5-10(2)7-11(6-9)17-13-8-16-4-3-12(13)14(15)18/h3-8H,1-2H3,(H2,15,18). The van der Waals surface area contributed by atoms with Gasteiger partial charge < -0.3 is 10.5 Å². The summed E-state index contributed by atoms with van der Waals surface area (Å²) in [5.41, 5.74) is 8.63. The van der Waals surface area contributed by atoms with Crippen molar-refractivity contribution < 1.29 is 4.74 Å². The summed E-state index contributed by atoms with van der Waals surface area (Å²) >= 11 is 4.99. The Kier molecular flexibility index (Phi) is 3.58. The molecule has 2 N–H and O–H groups in total. The third-order valence-electron chi connectivity index (χ3n) is 2.47. The lowest BCUT2D eigenvalue weighted by Gasteiger charge is -2.10. The molecule has 0 saturated carbocycles. The van der Waals surface area contributed by atoms with Crippen LogP contribution in [0.4, 0.5) is 0 Å². The first kappa shape index (κ1) is 12.5. The number of nitrogens with zero attached hydrogens (tertiary/aromatic N) is 1. The molecule has 1 aromatic carbocycles. The molecular weight excluding hydrogens is 244 g/mol. The number of thiocarbonyl (C=S) groups is 1. The molecule has 0 unspecified atom stereocenters. The predicted molar refractivity (Wildman–Crippen MR) is 76.1 cm³/mol. The molecule has 18 heavy (non-hydrogen) atoms. The zero-order valence-electron chi connectivity index (χ0n) is 10.3. The summed E-state index contributed by atoms with van der Waals surface area (Å²) in [6.45, 7) is 4.05. The molecule has 0 amide bonds. The lowest BCUT2D eigenvalue weighted by molar-refractivity contribution is 0.478. The molecule has 0 aliphatic heterocycles. The number of benzene rings is 1. The van der Waals surface area contributed by atoms with E-state index in [0.29, 0.717) is 16.3 Å². The minimum absolute atomic E-state index is 0.303. The van der Waals surface area contributed by atoms with Crippen molar-refractivity contribution in [1.29, 1.82) is 0 Å². The van der Waals surface area contributed by atoms with Crippen LogP contribution in [-0.4, -0.2) is 9.97 Å². The molecule has 0 atom stereocenters. The highest BCUT2D eigenvalue weighted by atomic mass is 32.1. The third kappa shape index (κ3) is 2.84. The highest BCUT2D eigenvalue weighted by molar-refractivity contribution is 7.80. The summed E-state index contributed by atoms with van der Waals surface area (Å²) in [6, 6.07) is 7.76. The van der Waals surface area contributed by atoms with Crippen LogP contribution < -0.4 is 10.5 Å². The molecule has 0 spiro atoms. The number of ether oxygens (including phenoxy) is 1. The van der Waals surface area contributed by atoms with Crippen LogP contribution in [0.5, 0.6) is 11.5 Å². The van der Waals surface area contributed by atoms with Gasteiger partial charge in [0.15, 0.2) is 5.75 Å². The first-order valence-corrected chi connectivity index (χ1v) is 5.97. The molecular formula is C14H14N2OS. The SMILES string of the molecule is Cc1cc(C)cc(Oc2cnccc2C(N)=S)c1. The largest absolute Gasteiger partial charge is 0.455 e. The zero-order chi connectivity index (χ0) is 13.1. The Morgan fingerprint density at radius 2 is 1.89 bits per heavy atom. The van der Waals surface area contributed by atoms with E-state index in [1.54, 1.807) is 18.5 Å². The molecule has 1 aromatic heterocycles. The maximum Gasteiger partial charge on any atom is 0.155 e. The lowest BCUT2D eigenvalue weighted by atomic mass is 10.1. The topological polar surface area (TPSA) is 48.1 Å². The highest BCUT2D eigenvalue weighted by Crippen LogP contribution is 2.26. The maximum atomic E-state index is 5.80. The minimum atomic E-state index is 0.303. The molecule has 2 aromatic rings. The Morgan fingerprint density at radius 1 is 1.22 bits per heavy atom. The monoisotopic (exact) mass is 258 g/mol. The quantitative estimate of drug-likeness (QED) is 0.859. The number of aryl methyl sites for hydroxylation is 2. The van der Waals surface area contributed by atoms with E-state index >= 15 is 0 Å². The van der Waals surface area contributed by atoms with Gasteiger partial charge in [0.2, 0.25) is 0 Å². The number of pyridine rings is 1. The van der Waals surface area contributed by atoms with Crippen LogP contribution in [-0.2, 0) is 0 Å². The average Bonchev–Trinajstić information content (AvgIpc) is 2.27. The van der Waals surface area contributed by atoms with E-state index in [4.69, 9.17) is 22.7 Å². The number of rotatable bonds is 3. The van der Waals surface area contributed by atoms with Gasteiger partial charge in [-0.05, 0) is 43.2 Å². The van der Waals surface area contributed by atoms with Gasteiger partial charge in [0, 0.05) is 6.20 Å². The van der Waals surface area contributed by atoms with Crippen molar-refractivity contribution in [2.24, 2.45) is 5.73 Å². The van der Waals surface area contributed by atoms with E-state index in [0.717, 1.165) is 16.9 Å². The summed E-state index contributed by atoms with van der Waals surface area (Å²) in [5.74, 6) is 1.34. The Hall–Kier alpha value is -1.94. The van der Waals surface area contributed by atoms with Crippen molar-refractivity contribution in [2.75, 3.05) is 0 Å². The smallest absolute Gasteiger partial charge is 0.155 e. The van der Waals surface area contributed by atoms with Crippen LogP contribution in [0.2, 0.25) is 0 Å². The van der Waals surface area contributed by atoms with Crippen molar-refractivity contribution in [3.63, 3.8) is 0 Å². The second kappa shape index (κ2) is 5.14. The van der Waals surface area contributed by atoms with E-state index in [1.165, 1.54) is 0 Å². The number of aromatic nitrogens is 1. The Labute approximate surface area is 112 Å². The molecule has 0 radical (unpaired) electrons. The van der Waals surface area contributed by atoms with E-state index < -0.39 is 0 Å². The fraction of sp³-hybridized carbons (Fsp3) is 0.143. The Bertz CT molecular complexity index is 576. The van der Waals surface area contributed by atoms with Gasteiger partial charge in [-0.1, -0.05) is 18.3 Å². The van der Waals surface area contributed by atoms with Gasteiger partial charge in [0.05, 0.1) is 11.8 Å². The summed E-state index contributed by atoms with van der Waals surface area (Å²) in [4.78, 5) is 4.33. The molecule has 4 heteroatoms. The van der Waals surface area contributed by atoms with Gasteiger partial charge in [-0.2, -0.15) is 0 Å². The van der Waals surface area contributed by atoms with E-state index in [-0.39, 0.29) is 0 Å². The van der Waals surface area contributed by atoms with Crippen LogP contribution >= 0.6 is 12.2 Å². The Morgan fingerprint density at radius 3 is 2.50 bits per heavy atom. The van der Waals surface area contributed by atoms with Crippen molar-refractivity contribution in [3.05, 3.63) is 53.3 Å². The molecule has 0 fully saturated rings. The molecule has 0 aliphatic rings. The predicted octanol–water partition coefficient (Wildman–Crippen LogP) is 3.12. The summed E-state index contributed by atoms with van der Waals surface area (Å²) in [5, 5.41) is 0. The van der Waals surface area contributed by atoms with Crippen molar-refractivity contribution >= 4 is 17.2 Å². The third-order valence-corrected chi connectivity index (χ3v) is 2.69. The average molecular weight is 258 g/mol. The fourth-order valence-corrected chi connectivity index (χ4v) is 1.95. The van der Waals surface area contributed by atoms with Gasteiger partial charge in [0.1, 0.15) is 10.7 Å².